The van der Waals surface area contributed by atoms with Crippen LogP contribution in [0.5, 0.6) is 0 Å². The minimum atomic E-state index is -1.07. The topological polar surface area (TPSA) is 79.2 Å². The van der Waals surface area contributed by atoms with Crippen LogP contribution in [0.15, 0.2) is 0 Å². The van der Waals surface area contributed by atoms with Gasteiger partial charge in [0.25, 0.3) is 0 Å². The van der Waals surface area contributed by atoms with Gasteiger partial charge in [0, 0.05) is 7.11 Å². The fourth-order valence-electron chi connectivity index (χ4n) is 1.06. The summed E-state index contributed by atoms with van der Waals surface area (Å²) < 4.78 is 9.59. The second-order valence-electron chi connectivity index (χ2n) is 2.44. The SMILES string of the molecule is CO[C@H]1O[C@H](CO)C(O)[C@H]1O. The molecule has 5 nitrogen and oxygen atoms in total. The van der Waals surface area contributed by atoms with E-state index in [9.17, 15) is 0 Å². The Labute approximate surface area is 64.2 Å². The maximum absolute atomic E-state index is 9.15. The van der Waals surface area contributed by atoms with Gasteiger partial charge in [-0.2, -0.15) is 0 Å². The van der Waals surface area contributed by atoms with Gasteiger partial charge in [-0.1, -0.05) is 0 Å². The molecular formula is C6H12O5. The molecule has 0 aromatic rings. The Bertz CT molecular complexity index is 110. The van der Waals surface area contributed by atoms with E-state index in [1.807, 2.05) is 0 Å². The first-order valence-corrected chi connectivity index (χ1v) is 3.36. The Kier molecular flexibility index (Phi) is 2.80. The summed E-state index contributed by atoms with van der Waals surface area (Å²) in [6, 6.07) is 0. The number of aliphatic hydroxyl groups excluding tert-OH is 3. The van der Waals surface area contributed by atoms with Crippen molar-refractivity contribution >= 4 is 0 Å². The van der Waals surface area contributed by atoms with E-state index in [4.69, 9.17) is 20.1 Å². The van der Waals surface area contributed by atoms with Gasteiger partial charge in [-0.15, -0.1) is 0 Å². The average molecular weight is 164 g/mol. The summed E-state index contributed by atoms with van der Waals surface area (Å²) >= 11 is 0. The van der Waals surface area contributed by atoms with Crippen LogP contribution in [-0.4, -0.2) is 53.6 Å². The molecule has 1 rings (SSSR count). The molecule has 3 N–H and O–H groups in total. The van der Waals surface area contributed by atoms with Crippen molar-refractivity contribution in [1.29, 1.82) is 0 Å². The molecule has 1 heterocycles. The summed E-state index contributed by atoms with van der Waals surface area (Å²) in [6.07, 6.45) is -3.71. The smallest absolute Gasteiger partial charge is 0.186 e. The van der Waals surface area contributed by atoms with Crippen LogP contribution in [0.25, 0.3) is 0 Å². The molecule has 0 aromatic carbocycles. The van der Waals surface area contributed by atoms with Crippen LogP contribution in [0.3, 0.4) is 0 Å². The first-order chi connectivity index (χ1) is 5.20. The van der Waals surface area contributed by atoms with Gasteiger partial charge in [-0.05, 0) is 0 Å². The van der Waals surface area contributed by atoms with E-state index in [1.165, 1.54) is 7.11 Å². The van der Waals surface area contributed by atoms with E-state index in [-0.39, 0.29) is 6.61 Å². The number of aliphatic hydroxyl groups is 3. The molecule has 0 spiro atoms. The molecule has 1 unspecified atom stereocenters. The highest BCUT2D eigenvalue weighted by molar-refractivity contribution is 4.85. The summed E-state index contributed by atoms with van der Waals surface area (Å²) in [6.45, 7) is -0.321. The highest BCUT2D eigenvalue weighted by Crippen LogP contribution is 2.20. The Morgan fingerprint density at radius 3 is 2.27 bits per heavy atom. The summed E-state index contributed by atoms with van der Waals surface area (Å²) in [7, 11) is 1.36. The minimum absolute atomic E-state index is 0.321. The highest BCUT2D eigenvalue weighted by atomic mass is 16.7. The van der Waals surface area contributed by atoms with Gasteiger partial charge in [0.05, 0.1) is 6.61 Å². The molecule has 1 aliphatic heterocycles. The molecule has 5 heteroatoms. The molecule has 11 heavy (non-hydrogen) atoms. The third kappa shape index (κ3) is 1.52. The van der Waals surface area contributed by atoms with Crippen molar-refractivity contribution in [2.45, 2.75) is 24.6 Å². The maximum Gasteiger partial charge on any atom is 0.186 e. The second-order valence-corrected chi connectivity index (χ2v) is 2.44. The van der Waals surface area contributed by atoms with Crippen LogP contribution in [0.4, 0.5) is 0 Å². The first kappa shape index (κ1) is 8.89. The van der Waals surface area contributed by atoms with Gasteiger partial charge in [0.1, 0.15) is 18.3 Å². The fraction of sp³-hybridized carbons (Fsp3) is 1.00. The van der Waals surface area contributed by atoms with Gasteiger partial charge < -0.3 is 24.8 Å². The number of rotatable bonds is 2. The third-order valence-electron chi connectivity index (χ3n) is 1.73. The second kappa shape index (κ2) is 3.46. The van der Waals surface area contributed by atoms with E-state index in [0.717, 1.165) is 0 Å². The molecule has 4 atom stereocenters. The Morgan fingerprint density at radius 2 is 2.00 bits per heavy atom. The lowest BCUT2D eigenvalue weighted by Crippen LogP contribution is -2.34. The summed E-state index contributed by atoms with van der Waals surface area (Å²) in [5.74, 6) is 0. The molecule has 1 fully saturated rings. The molecule has 0 radical (unpaired) electrons. The van der Waals surface area contributed by atoms with E-state index in [0.29, 0.717) is 0 Å². The predicted octanol–water partition coefficient (Wildman–Crippen LogP) is -1.93. The summed E-state index contributed by atoms with van der Waals surface area (Å²) in [5, 5.41) is 26.9. The van der Waals surface area contributed by atoms with Crippen molar-refractivity contribution in [1.82, 2.24) is 0 Å². The summed E-state index contributed by atoms with van der Waals surface area (Å²) in [5.41, 5.74) is 0. The van der Waals surface area contributed by atoms with Crippen molar-refractivity contribution in [3.63, 3.8) is 0 Å². The zero-order valence-corrected chi connectivity index (χ0v) is 6.17. The predicted molar refractivity (Wildman–Crippen MR) is 34.8 cm³/mol. The lowest BCUT2D eigenvalue weighted by atomic mass is 10.1. The molecule has 0 amide bonds. The van der Waals surface area contributed by atoms with Crippen LogP contribution in [-0.2, 0) is 9.47 Å². The average Bonchev–Trinajstić information content (AvgIpc) is 2.30. The van der Waals surface area contributed by atoms with Crippen LogP contribution in [0.2, 0.25) is 0 Å². The Balaban J connectivity index is 2.53. The maximum atomic E-state index is 9.15. The number of hydrogen-bond acceptors (Lipinski definition) is 5. The molecule has 0 bridgehead atoms. The molecule has 0 aromatic heterocycles. The third-order valence-corrected chi connectivity index (χ3v) is 1.73. The van der Waals surface area contributed by atoms with Crippen molar-refractivity contribution in [3.8, 4) is 0 Å². The van der Waals surface area contributed by atoms with Crippen molar-refractivity contribution in [2.24, 2.45) is 0 Å². The van der Waals surface area contributed by atoms with Gasteiger partial charge >= 0.3 is 0 Å². The number of hydrogen-bond donors (Lipinski definition) is 3. The Morgan fingerprint density at radius 1 is 1.36 bits per heavy atom. The van der Waals surface area contributed by atoms with Crippen molar-refractivity contribution in [2.75, 3.05) is 13.7 Å². The van der Waals surface area contributed by atoms with E-state index >= 15 is 0 Å². The number of methoxy groups -OCH3 is 1. The van der Waals surface area contributed by atoms with Crippen molar-refractivity contribution < 1.29 is 24.8 Å². The zero-order chi connectivity index (χ0) is 8.43. The lowest BCUT2D eigenvalue weighted by Gasteiger charge is -2.11. The molecular weight excluding hydrogens is 152 g/mol. The zero-order valence-electron chi connectivity index (χ0n) is 6.17. The van der Waals surface area contributed by atoms with Crippen LogP contribution in [0, 0.1) is 0 Å². The first-order valence-electron chi connectivity index (χ1n) is 3.36. The molecule has 0 saturated carbocycles. The summed E-state index contributed by atoms with van der Waals surface area (Å²) in [4.78, 5) is 0. The monoisotopic (exact) mass is 164 g/mol. The normalized spacial score (nSPS) is 44.7. The van der Waals surface area contributed by atoms with Crippen LogP contribution < -0.4 is 0 Å². The Hall–Kier alpha value is -0.200. The molecule has 66 valence electrons. The highest BCUT2D eigenvalue weighted by Gasteiger charge is 2.42. The van der Waals surface area contributed by atoms with Gasteiger partial charge in [0.15, 0.2) is 6.29 Å². The van der Waals surface area contributed by atoms with E-state index in [2.05, 4.69) is 4.74 Å². The van der Waals surface area contributed by atoms with E-state index < -0.39 is 24.6 Å². The minimum Gasteiger partial charge on any atom is -0.394 e. The van der Waals surface area contributed by atoms with E-state index in [1.54, 1.807) is 0 Å². The van der Waals surface area contributed by atoms with Crippen LogP contribution >= 0.6 is 0 Å². The van der Waals surface area contributed by atoms with Gasteiger partial charge in [-0.25, -0.2) is 0 Å². The largest absolute Gasteiger partial charge is 0.394 e. The number of ether oxygens (including phenoxy) is 2. The van der Waals surface area contributed by atoms with Gasteiger partial charge in [-0.3, -0.25) is 0 Å². The standard InChI is InChI=1S/C6H12O5/c1-10-6-5(9)4(8)3(2-7)11-6/h3-9H,2H2,1H3/t3-,4?,5-,6+/m1/s1. The van der Waals surface area contributed by atoms with Crippen LogP contribution in [0.1, 0.15) is 0 Å². The fourth-order valence-corrected chi connectivity index (χ4v) is 1.06. The lowest BCUT2D eigenvalue weighted by molar-refractivity contribution is -0.153. The molecule has 0 aliphatic carbocycles. The molecule has 1 saturated heterocycles. The molecule has 1 aliphatic rings. The quantitative estimate of drug-likeness (QED) is 0.443. The van der Waals surface area contributed by atoms with Gasteiger partial charge in [0.2, 0.25) is 0 Å². The van der Waals surface area contributed by atoms with Crippen molar-refractivity contribution in [3.05, 3.63) is 0 Å².